The molecule has 164 valence electrons. The van der Waals surface area contributed by atoms with E-state index >= 15 is 0 Å². The van der Waals surface area contributed by atoms with Crippen LogP contribution in [-0.2, 0) is 17.6 Å². The van der Waals surface area contributed by atoms with Gasteiger partial charge in [-0.25, -0.2) is 0 Å². The third-order valence-electron chi connectivity index (χ3n) is 6.46. The quantitative estimate of drug-likeness (QED) is 0.552. The molecule has 1 aliphatic carbocycles. The Hall–Kier alpha value is -2.78. The Morgan fingerprint density at radius 3 is 2.71 bits per heavy atom. The van der Waals surface area contributed by atoms with Gasteiger partial charge < -0.3 is 14.8 Å². The number of nitrogens with one attached hydrogen (secondary N) is 1. The van der Waals surface area contributed by atoms with Gasteiger partial charge in [0.05, 0.1) is 19.8 Å². The monoisotopic (exact) mass is 438 g/mol. The van der Waals surface area contributed by atoms with Crippen LogP contribution >= 0.6 is 11.3 Å². The van der Waals surface area contributed by atoms with Crippen molar-refractivity contribution in [1.29, 1.82) is 5.26 Å². The van der Waals surface area contributed by atoms with Crippen LogP contribution in [0.15, 0.2) is 24.3 Å². The third-order valence-corrected chi connectivity index (χ3v) is 7.63. The number of nitrogens with zero attached hydrogens (tertiary/aromatic N) is 1. The van der Waals surface area contributed by atoms with Crippen LogP contribution < -0.4 is 14.8 Å². The first-order chi connectivity index (χ1) is 14.8. The van der Waals surface area contributed by atoms with Crippen molar-refractivity contribution in [2.45, 2.75) is 46.5 Å². The van der Waals surface area contributed by atoms with E-state index in [1.54, 1.807) is 37.7 Å². The summed E-state index contributed by atoms with van der Waals surface area (Å²) in [5.74, 6) is 1.59. The van der Waals surface area contributed by atoms with Gasteiger partial charge in [-0.1, -0.05) is 33.3 Å². The number of benzene rings is 1. The first-order valence-electron chi connectivity index (χ1n) is 10.6. The molecule has 1 heterocycles. The maximum atomic E-state index is 12.6. The second-order valence-corrected chi connectivity index (χ2v) is 9.64. The Kier molecular flexibility index (Phi) is 7.07. The number of ether oxygens (including phenoxy) is 2. The van der Waals surface area contributed by atoms with Gasteiger partial charge in [-0.2, -0.15) is 5.26 Å². The van der Waals surface area contributed by atoms with Crippen LogP contribution in [-0.4, -0.2) is 20.1 Å². The molecular weight excluding hydrogens is 408 g/mol. The number of rotatable bonds is 7. The number of hydrogen-bond donors (Lipinski definition) is 1. The molecule has 0 spiro atoms. The van der Waals surface area contributed by atoms with E-state index in [1.165, 1.54) is 11.0 Å². The van der Waals surface area contributed by atoms with Gasteiger partial charge in [0.15, 0.2) is 11.5 Å². The van der Waals surface area contributed by atoms with Crippen LogP contribution in [0.1, 0.15) is 55.2 Å². The van der Waals surface area contributed by atoms with E-state index in [1.807, 2.05) is 12.1 Å². The predicted molar refractivity (Wildman–Crippen MR) is 126 cm³/mol. The van der Waals surface area contributed by atoms with Crippen LogP contribution in [0, 0.1) is 22.7 Å². The topological polar surface area (TPSA) is 71.3 Å². The lowest BCUT2D eigenvalue weighted by atomic mass is 9.69. The smallest absolute Gasteiger partial charge is 0.249 e. The van der Waals surface area contributed by atoms with E-state index in [-0.39, 0.29) is 11.3 Å². The molecule has 31 heavy (non-hydrogen) atoms. The molecule has 6 heteroatoms. The normalized spacial score (nSPS) is 15.9. The molecule has 0 aliphatic heterocycles. The highest BCUT2D eigenvalue weighted by Gasteiger charge is 2.34. The summed E-state index contributed by atoms with van der Waals surface area (Å²) in [5.41, 5.74) is 2.85. The number of carbonyl (C=O) groups excluding carboxylic acids is 1. The molecule has 1 aromatic carbocycles. The second kappa shape index (κ2) is 9.57. The van der Waals surface area contributed by atoms with E-state index in [2.05, 4.69) is 32.2 Å². The minimum absolute atomic E-state index is 0.254. The Morgan fingerprint density at radius 2 is 2.06 bits per heavy atom. The standard InChI is InChI=1S/C25H30N2O3S/c1-6-25(2,3)17-9-10-18-19(15-26)24(31-22(18)14-17)27-23(28)12-8-16-7-11-20(29-4)21(13-16)30-5/h7-8,11-13,17H,6,9-10,14H2,1-5H3,(H,27,28)/b12-8+/t17-/m1/s1. The minimum Gasteiger partial charge on any atom is -0.493 e. The Balaban J connectivity index is 1.75. The van der Waals surface area contributed by atoms with Gasteiger partial charge >= 0.3 is 0 Å². The molecule has 1 N–H and O–H groups in total. The maximum Gasteiger partial charge on any atom is 0.249 e. The van der Waals surface area contributed by atoms with Gasteiger partial charge in [-0.05, 0) is 59.9 Å². The van der Waals surface area contributed by atoms with Crippen molar-refractivity contribution in [3.63, 3.8) is 0 Å². The third kappa shape index (κ3) is 4.94. The molecule has 5 nitrogen and oxygen atoms in total. The van der Waals surface area contributed by atoms with Gasteiger partial charge in [0.25, 0.3) is 0 Å². The number of carbonyl (C=O) groups is 1. The number of methoxy groups -OCH3 is 2. The van der Waals surface area contributed by atoms with Crippen LogP contribution in [0.4, 0.5) is 5.00 Å². The fourth-order valence-corrected chi connectivity index (χ4v) is 5.31. The van der Waals surface area contributed by atoms with Crippen molar-refractivity contribution in [2.24, 2.45) is 11.3 Å². The van der Waals surface area contributed by atoms with Crippen LogP contribution in [0.3, 0.4) is 0 Å². The van der Waals surface area contributed by atoms with Crippen molar-refractivity contribution < 1.29 is 14.3 Å². The van der Waals surface area contributed by atoms with Crippen LogP contribution in [0.2, 0.25) is 0 Å². The number of anilines is 1. The fourth-order valence-electron chi connectivity index (χ4n) is 4.03. The molecule has 0 radical (unpaired) electrons. The highest BCUT2D eigenvalue weighted by molar-refractivity contribution is 7.16. The molecule has 1 aliphatic rings. The number of amides is 1. The summed E-state index contributed by atoms with van der Waals surface area (Å²) in [6.45, 7) is 6.88. The van der Waals surface area contributed by atoms with E-state index in [0.717, 1.165) is 36.8 Å². The molecule has 0 saturated heterocycles. The first kappa shape index (κ1) is 22.9. The average molecular weight is 439 g/mol. The van der Waals surface area contributed by atoms with Gasteiger partial charge in [-0.3, -0.25) is 4.79 Å². The van der Waals surface area contributed by atoms with Gasteiger partial charge in [0, 0.05) is 11.0 Å². The molecular formula is C25H30N2O3S. The Morgan fingerprint density at radius 1 is 1.32 bits per heavy atom. The lowest BCUT2D eigenvalue weighted by Gasteiger charge is -2.36. The number of nitriles is 1. The van der Waals surface area contributed by atoms with Crippen molar-refractivity contribution in [2.75, 3.05) is 19.5 Å². The summed E-state index contributed by atoms with van der Waals surface area (Å²) < 4.78 is 10.5. The number of hydrogen-bond acceptors (Lipinski definition) is 5. The van der Waals surface area contributed by atoms with Crippen molar-refractivity contribution in [1.82, 2.24) is 0 Å². The molecule has 0 unspecified atom stereocenters. The highest BCUT2D eigenvalue weighted by Crippen LogP contribution is 2.45. The molecule has 3 rings (SSSR count). The Bertz CT molecular complexity index is 1030. The highest BCUT2D eigenvalue weighted by atomic mass is 32.1. The van der Waals surface area contributed by atoms with E-state index < -0.39 is 0 Å². The van der Waals surface area contributed by atoms with E-state index in [0.29, 0.717) is 28.0 Å². The number of fused-ring (bicyclic) bond motifs is 1. The molecule has 1 atom stereocenters. The summed E-state index contributed by atoms with van der Waals surface area (Å²) >= 11 is 1.55. The van der Waals surface area contributed by atoms with Crippen molar-refractivity contribution >= 4 is 28.3 Å². The molecule has 0 fully saturated rings. The molecule has 0 bridgehead atoms. The van der Waals surface area contributed by atoms with Gasteiger partial charge in [0.2, 0.25) is 5.91 Å². The molecule has 0 saturated carbocycles. The van der Waals surface area contributed by atoms with E-state index in [4.69, 9.17) is 9.47 Å². The largest absolute Gasteiger partial charge is 0.493 e. The predicted octanol–water partition coefficient (Wildman–Crippen LogP) is 5.83. The Labute approximate surface area is 188 Å². The summed E-state index contributed by atoms with van der Waals surface area (Å²) in [6.07, 6.45) is 7.30. The zero-order valence-corrected chi connectivity index (χ0v) is 19.7. The van der Waals surface area contributed by atoms with Crippen molar-refractivity contribution in [3.8, 4) is 17.6 Å². The van der Waals surface area contributed by atoms with Crippen LogP contribution in [0.25, 0.3) is 6.08 Å². The zero-order chi connectivity index (χ0) is 22.6. The second-order valence-electron chi connectivity index (χ2n) is 8.54. The van der Waals surface area contributed by atoms with Crippen molar-refractivity contribution in [3.05, 3.63) is 45.8 Å². The molecule has 1 aromatic heterocycles. The zero-order valence-electron chi connectivity index (χ0n) is 18.9. The average Bonchev–Trinajstić information content (AvgIpc) is 3.13. The van der Waals surface area contributed by atoms with E-state index in [9.17, 15) is 10.1 Å². The van der Waals surface area contributed by atoms with Crippen LogP contribution in [0.5, 0.6) is 11.5 Å². The SMILES string of the molecule is CCC(C)(C)[C@@H]1CCc2c(sc(NC(=O)/C=C/c3ccc(OC)c(OC)c3)c2C#N)C1. The lowest BCUT2D eigenvalue weighted by molar-refractivity contribution is -0.111. The van der Waals surface area contributed by atoms with Gasteiger partial charge in [0.1, 0.15) is 11.1 Å². The summed E-state index contributed by atoms with van der Waals surface area (Å²) in [4.78, 5) is 13.8. The molecule has 1 amide bonds. The summed E-state index contributed by atoms with van der Waals surface area (Å²) in [5, 5.41) is 13.3. The van der Waals surface area contributed by atoms with Gasteiger partial charge in [-0.15, -0.1) is 11.3 Å². The maximum absolute atomic E-state index is 12.6. The first-order valence-corrected chi connectivity index (χ1v) is 11.4. The number of thiophene rings is 1. The summed E-state index contributed by atoms with van der Waals surface area (Å²) in [7, 11) is 3.16. The fraction of sp³-hybridized carbons (Fsp3) is 0.440. The molecule has 2 aromatic rings. The lowest BCUT2D eigenvalue weighted by Crippen LogP contribution is -2.28. The minimum atomic E-state index is -0.254. The summed E-state index contributed by atoms with van der Waals surface area (Å²) in [6, 6.07) is 7.78.